The SMILES string of the molecule is O=C(NCc1ccccc1)c1ccc(Br)cc1S. The molecule has 0 aliphatic rings. The fourth-order valence-electron chi connectivity index (χ4n) is 1.57. The first kappa shape index (κ1) is 13.2. The van der Waals surface area contributed by atoms with Crippen LogP contribution in [0.25, 0.3) is 0 Å². The lowest BCUT2D eigenvalue weighted by Gasteiger charge is -2.07. The maximum absolute atomic E-state index is 12.0. The van der Waals surface area contributed by atoms with E-state index in [0.717, 1.165) is 10.0 Å². The predicted molar refractivity (Wildman–Crippen MR) is 79.0 cm³/mol. The van der Waals surface area contributed by atoms with Gasteiger partial charge in [0.1, 0.15) is 0 Å². The number of halogens is 1. The molecule has 2 rings (SSSR count). The first-order valence-corrected chi connectivity index (χ1v) is 6.71. The molecule has 0 atom stereocenters. The highest BCUT2D eigenvalue weighted by Gasteiger charge is 2.09. The summed E-state index contributed by atoms with van der Waals surface area (Å²) in [6.07, 6.45) is 0. The number of carbonyl (C=O) groups is 1. The Morgan fingerprint density at radius 3 is 2.56 bits per heavy atom. The van der Waals surface area contributed by atoms with Gasteiger partial charge in [0.25, 0.3) is 5.91 Å². The molecule has 2 aromatic carbocycles. The van der Waals surface area contributed by atoms with E-state index in [4.69, 9.17) is 0 Å². The van der Waals surface area contributed by atoms with Gasteiger partial charge in [0.05, 0.1) is 5.56 Å². The van der Waals surface area contributed by atoms with Crippen molar-refractivity contribution in [2.75, 3.05) is 0 Å². The molecule has 0 aliphatic heterocycles. The number of hydrogen-bond acceptors (Lipinski definition) is 2. The molecule has 18 heavy (non-hydrogen) atoms. The van der Waals surface area contributed by atoms with Gasteiger partial charge < -0.3 is 5.32 Å². The standard InChI is InChI=1S/C14H12BrNOS/c15-11-6-7-12(13(18)8-11)14(17)16-9-10-4-2-1-3-5-10/h1-8,18H,9H2,(H,16,17). The summed E-state index contributed by atoms with van der Waals surface area (Å²) in [5.41, 5.74) is 1.65. The summed E-state index contributed by atoms with van der Waals surface area (Å²) in [6, 6.07) is 15.2. The van der Waals surface area contributed by atoms with Crippen molar-refractivity contribution >= 4 is 34.5 Å². The third-order valence-corrected chi connectivity index (χ3v) is 3.36. The highest BCUT2D eigenvalue weighted by atomic mass is 79.9. The number of benzene rings is 2. The zero-order valence-electron chi connectivity index (χ0n) is 9.56. The van der Waals surface area contributed by atoms with Crippen LogP contribution in [0.5, 0.6) is 0 Å². The third kappa shape index (κ3) is 3.37. The zero-order valence-corrected chi connectivity index (χ0v) is 12.0. The van der Waals surface area contributed by atoms with Gasteiger partial charge in [-0.25, -0.2) is 0 Å². The van der Waals surface area contributed by atoms with Gasteiger partial charge in [-0.1, -0.05) is 46.3 Å². The van der Waals surface area contributed by atoms with E-state index in [9.17, 15) is 4.79 Å². The second-order valence-corrected chi connectivity index (χ2v) is 5.23. The predicted octanol–water partition coefficient (Wildman–Crippen LogP) is 3.67. The number of nitrogens with one attached hydrogen (secondary N) is 1. The van der Waals surface area contributed by atoms with Crippen LogP contribution in [-0.4, -0.2) is 5.91 Å². The fraction of sp³-hybridized carbons (Fsp3) is 0.0714. The van der Waals surface area contributed by atoms with Crippen molar-refractivity contribution in [2.45, 2.75) is 11.4 Å². The highest BCUT2D eigenvalue weighted by molar-refractivity contribution is 9.10. The Bertz CT molecular complexity index is 557. The van der Waals surface area contributed by atoms with Crippen LogP contribution in [0.3, 0.4) is 0 Å². The van der Waals surface area contributed by atoms with Crippen molar-refractivity contribution in [3.8, 4) is 0 Å². The van der Waals surface area contributed by atoms with Crippen molar-refractivity contribution in [1.29, 1.82) is 0 Å². The number of rotatable bonds is 3. The zero-order chi connectivity index (χ0) is 13.0. The van der Waals surface area contributed by atoms with Crippen LogP contribution in [-0.2, 0) is 6.54 Å². The van der Waals surface area contributed by atoms with Crippen molar-refractivity contribution in [3.63, 3.8) is 0 Å². The third-order valence-electron chi connectivity index (χ3n) is 2.50. The molecule has 0 unspecified atom stereocenters. The largest absolute Gasteiger partial charge is 0.348 e. The average Bonchev–Trinajstić information content (AvgIpc) is 2.37. The number of hydrogen-bond donors (Lipinski definition) is 2. The molecular formula is C14H12BrNOS. The Morgan fingerprint density at radius 1 is 1.17 bits per heavy atom. The van der Waals surface area contributed by atoms with E-state index in [1.165, 1.54) is 0 Å². The molecule has 0 spiro atoms. The lowest BCUT2D eigenvalue weighted by Crippen LogP contribution is -2.23. The van der Waals surface area contributed by atoms with Crippen molar-refractivity contribution in [2.24, 2.45) is 0 Å². The minimum Gasteiger partial charge on any atom is -0.348 e. The van der Waals surface area contributed by atoms with Crippen LogP contribution in [0.2, 0.25) is 0 Å². The van der Waals surface area contributed by atoms with Gasteiger partial charge >= 0.3 is 0 Å². The van der Waals surface area contributed by atoms with Crippen LogP contribution in [0.1, 0.15) is 15.9 Å². The first-order valence-electron chi connectivity index (χ1n) is 5.47. The normalized spacial score (nSPS) is 10.1. The molecule has 0 heterocycles. The summed E-state index contributed by atoms with van der Waals surface area (Å²) in [6.45, 7) is 0.517. The minimum absolute atomic E-state index is 0.114. The number of carbonyl (C=O) groups excluding carboxylic acids is 1. The molecule has 0 fully saturated rings. The second-order valence-electron chi connectivity index (χ2n) is 3.83. The molecule has 92 valence electrons. The number of amides is 1. The molecule has 0 saturated heterocycles. The van der Waals surface area contributed by atoms with E-state index in [1.54, 1.807) is 12.1 Å². The maximum atomic E-state index is 12.0. The van der Waals surface area contributed by atoms with Crippen LogP contribution in [0.4, 0.5) is 0 Å². The molecular weight excluding hydrogens is 310 g/mol. The Labute approximate surface area is 120 Å². The summed E-state index contributed by atoms with van der Waals surface area (Å²) in [4.78, 5) is 12.6. The summed E-state index contributed by atoms with van der Waals surface area (Å²) in [5.74, 6) is -0.114. The first-order chi connectivity index (χ1) is 8.66. The van der Waals surface area contributed by atoms with Gasteiger partial charge in [-0.2, -0.15) is 0 Å². The molecule has 2 nitrogen and oxygen atoms in total. The summed E-state index contributed by atoms with van der Waals surface area (Å²) < 4.78 is 0.909. The van der Waals surface area contributed by atoms with Gasteiger partial charge in [0, 0.05) is 15.9 Å². The maximum Gasteiger partial charge on any atom is 0.252 e. The van der Waals surface area contributed by atoms with Gasteiger partial charge in [-0.15, -0.1) is 12.6 Å². The van der Waals surface area contributed by atoms with E-state index in [-0.39, 0.29) is 5.91 Å². The average molecular weight is 322 g/mol. The monoisotopic (exact) mass is 321 g/mol. The Balaban J connectivity index is 2.04. The quantitative estimate of drug-likeness (QED) is 0.830. The van der Waals surface area contributed by atoms with Gasteiger partial charge in [-0.3, -0.25) is 4.79 Å². The van der Waals surface area contributed by atoms with Crippen LogP contribution >= 0.6 is 28.6 Å². The smallest absolute Gasteiger partial charge is 0.252 e. The molecule has 2 aromatic rings. The Hall–Kier alpha value is -1.26. The second kappa shape index (κ2) is 6.07. The van der Waals surface area contributed by atoms with E-state index >= 15 is 0 Å². The molecule has 0 radical (unpaired) electrons. The molecule has 4 heteroatoms. The Morgan fingerprint density at radius 2 is 1.89 bits per heavy atom. The molecule has 0 aromatic heterocycles. The molecule has 0 saturated carbocycles. The molecule has 1 N–H and O–H groups in total. The van der Waals surface area contributed by atoms with Gasteiger partial charge in [0.2, 0.25) is 0 Å². The van der Waals surface area contributed by atoms with Gasteiger partial charge in [-0.05, 0) is 23.8 Å². The highest BCUT2D eigenvalue weighted by Crippen LogP contribution is 2.19. The molecule has 0 bridgehead atoms. The molecule has 0 aliphatic carbocycles. The van der Waals surface area contributed by atoms with Crippen LogP contribution < -0.4 is 5.32 Å². The van der Waals surface area contributed by atoms with Crippen LogP contribution in [0.15, 0.2) is 57.9 Å². The topological polar surface area (TPSA) is 29.1 Å². The van der Waals surface area contributed by atoms with E-state index in [0.29, 0.717) is 17.0 Å². The summed E-state index contributed by atoms with van der Waals surface area (Å²) in [5, 5.41) is 2.87. The van der Waals surface area contributed by atoms with Gasteiger partial charge in [0.15, 0.2) is 0 Å². The summed E-state index contributed by atoms with van der Waals surface area (Å²) in [7, 11) is 0. The van der Waals surface area contributed by atoms with Crippen molar-refractivity contribution in [3.05, 3.63) is 64.1 Å². The van der Waals surface area contributed by atoms with E-state index in [2.05, 4.69) is 33.9 Å². The molecule has 1 amide bonds. The van der Waals surface area contributed by atoms with E-state index < -0.39 is 0 Å². The minimum atomic E-state index is -0.114. The lowest BCUT2D eigenvalue weighted by atomic mass is 10.2. The number of thiol groups is 1. The van der Waals surface area contributed by atoms with Crippen LogP contribution in [0, 0.1) is 0 Å². The van der Waals surface area contributed by atoms with E-state index in [1.807, 2.05) is 36.4 Å². The lowest BCUT2D eigenvalue weighted by molar-refractivity contribution is 0.0948. The fourth-order valence-corrected chi connectivity index (χ4v) is 2.42. The Kier molecular flexibility index (Phi) is 4.44. The van der Waals surface area contributed by atoms with Crippen molar-refractivity contribution in [1.82, 2.24) is 5.32 Å². The summed E-state index contributed by atoms with van der Waals surface area (Å²) >= 11 is 7.64. The van der Waals surface area contributed by atoms with Crippen molar-refractivity contribution < 1.29 is 4.79 Å².